The van der Waals surface area contributed by atoms with Crippen molar-refractivity contribution >= 4 is 18.1 Å². The molecule has 0 aromatic heterocycles. The second kappa shape index (κ2) is 37.9. The number of carbonyl (C=O) groups excluding carboxylic acids is 2. The molecule has 0 aromatic rings. The van der Waals surface area contributed by atoms with Gasteiger partial charge in [-0.1, -0.05) is 33.6 Å². The van der Waals surface area contributed by atoms with E-state index in [1.165, 1.54) is 0 Å². The first-order valence-electron chi connectivity index (χ1n) is 4.90. The first-order chi connectivity index (χ1) is 7.60. The lowest BCUT2D eigenvalue weighted by molar-refractivity contribution is -0.137. The normalized spacial score (nSPS) is 5.94. The van der Waals surface area contributed by atoms with Crippen molar-refractivity contribution in [2.24, 2.45) is 0 Å². The van der Waals surface area contributed by atoms with Crippen LogP contribution in [0.15, 0.2) is 0 Å². The molecule has 0 atom stereocenters. The number of unbranched alkanes of at least 4 members (excludes halogenated alkanes) is 2. The van der Waals surface area contributed by atoms with Crippen LogP contribution in [-0.2, 0) is 14.4 Å². The topological polar surface area (TPSA) is 119 Å². The Morgan fingerprint density at radius 2 is 1.44 bits per heavy atom. The maximum atomic E-state index is 9.87. The average molecular weight is 232 g/mol. The van der Waals surface area contributed by atoms with Gasteiger partial charge in [-0.3, -0.25) is 4.79 Å². The standard InChI is InChI=1S/C6H12O2.C2H6.2CHNO/c1-2-3-4-5-6(7)8;1-2;2*2-1-3/h2-5H2,1H3,(H,7,8);1-2H3;2*2H. The number of carboxylic acid groups (broad SMARTS) is 1. The van der Waals surface area contributed by atoms with Crippen molar-refractivity contribution in [3.05, 3.63) is 0 Å². The van der Waals surface area contributed by atoms with Crippen LogP contribution in [-0.4, -0.2) is 23.2 Å². The molecule has 0 heterocycles. The van der Waals surface area contributed by atoms with E-state index in [0.29, 0.717) is 6.42 Å². The number of hydrogen-bond acceptors (Lipinski definition) is 5. The molecular weight excluding hydrogens is 212 g/mol. The Morgan fingerprint density at radius 3 is 1.62 bits per heavy atom. The quantitative estimate of drug-likeness (QED) is 0.391. The van der Waals surface area contributed by atoms with Crippen LogP contribution in [0.1, 0.15) is 46.5 Å². The zero-order valence-electron chi connectivity index (χ0n) is 10.0. The zero-order valence-corrected chi connectivity index (χ0v) is 10.0. The molecule has 0 amide bonds. The highest BCUT2D eigenvalue weighted by Crippen LogP contribution is 1.97. The van der Waals surface area contributed by atoms with Gasteiger partial charge in [0.05, 0.1) is 0 Å². The van der Waals surface area contributed by atoms with Crippen LogP contribution in [0.4, 0.5) is 0 Å². The third-order valence-electron chi connectivity index (χ3n) is 0.994. The highest BCUT2D eigenvalue weighted by molar-refractivity contribution is 5.66. The fourth-order valence-electron chi connectivity index (χ4n) is 0.526. The summed E-state index contributed by atoms with van der Waals surface area (Å²) in [5.74, 6) is -0.682. The largest absolute Gasteiger partial charge is 0.481 e. The van der Waals surface area contributed by atoms with E-state index in [1.807, 2.05) is 13.8 Å². The average Bonchev–Trinajstić information content (AvgIpc) is 2.23. The minimum Gasteiger partial charge on any atom is -0.481 e. The van der Waals surface area contributed by atoms with Gasteiger partial charge in [0.15, 0.2) is 0 Å². The summed E-state index contributed by atoms with van der Waals surface area (Å²) in [6.07, 6.45) is 4.78. The van der Waals surface area contributed by atoms with E-state index in [0.717, 1.165) is 31.4 Å². The van der Waals surface area contributed by atoms with Crippen LogP contribution < -0.4 is 0 Å². The number of carbonyl (C=O) groups is 1. The monoisotopic (exact) mass is 232 g/mol. The van der Waals surface area contributed by atoms with E-state index < -0.39 is 5.97 Å². The van der Waals surface area contributed by atoms with E-state index in [2.05, 4.69) is 6.92 Å². The Hall–Kier alpha value is -1.77. The number of nitrogens with one attached hydrogen (secondary N) is 2. The second-order valence-corrected chi connectivity index (χ2v) is 2.05. The predicted molar refractivity (Wildman–Crippen MR) is 60.0 cm³/mol. The first-order valence-corrected chi connectivity index (χ1v) is 4.90. The highest BCUT2D eigenvalue weighted by atomic mass is 16.4. The van der Waals surface area contributed by atoms with E-state index in [-0.39, 0.29) is 0 Å². The summed E-state index contributed by atoms with van der Waals surface area (Å²) in [7, 11) is 0. The fraction of sp³-hybridized carbons (Fsp3) is 0.700. The molecule has 0 bridgehead atoms. The summed E-state index contributed by atoms with van der Waals surface area (Å²) in [4.78, 5) is 26.6. The van der Waals surface area contributed by atoms with E-state index in [4.69, 9.17) is 25.5 Å². The fourth-order valence-corrected chi connectivity index (χ4v) is 0.526. The molecule has 0 spiro atoms. The molecule has 3 N–H and O–H groups in total. The van der Waals surface area contributed by atoms with Crippen LogP contribution in [0.2, 0.25) is 0 Å². The molecule has 0 aliphatic rings. The van der Waals surface area contributed by atoms with Crippen molar-refractivity contribution in [1.82, 2.24) is 0 Å². The summed E-state index contributed by atoms with van der Waals surface area (Å²) in [5, 5.41) is 18.9. The summed E-state index contributed by atoms with van der Waals surface area (Å²) in [6.45, 7) is 6.06. The Balaban J connectivity index is -0.0000000752. The van der Waals surface area contributed by atoms with E-state index >= 15 is 0 Å². The lowest BCUT2D eigenvalue weighted by Gasteiger charge is -1.89. The van der Waals surface area contributed by atoms with Gasteiger partial charge in [0.1, 0.15) is 0 Å². The smallest absolute Gasteiger partial charge is 0.303 e. The van der Waals surface area contributed by atoms with Crippen LogP contribution >= 0.6 is 0 Å². The van der Waals surface area contributed by atoms with Gasteiger partial charge < -0.3 is 5.11 Å². The Kier molecular flexibility index (Phi) is 56.3. The van der Waals surface area contributed by atoms with Crippen molar-refractivity contribution in [1.29, 1.82) is 10.8 Å². The Bertz CT molecular complexity index is 181. The van der Waals surface area contributed by atoms with Gasteiger partial charge in [0.2, 0.25) is 12.2 Å². The van der Waals surface area contributed by atoms with Gasteiger partial charge in [-0.2, -0.15) is 0 Å². The van der Waals surface area contributed by atoms with Crippen LogP contribution in [0.5, 0.6) is 0 Å². The molecule has 6 nitrogen and oxygen atoms in total. The molecule has 0 aliphatic carbocycles. The molecule has 0 aromatic carbocycles. The first kappa shape index (κ1) is 23.8. The van der Waals surface area contributed by atoms with Crippen LogP contribution in [0, 0.1) is 10.8 Å². The SMILES string of the molecule is CC.CCCCCC(=O)O.N=C=O.N=C=O. The number of aliphatic carboxylic acids is 1. The lowest BCUT2D eigenvalue weighted by atomic mass is 10.2. The summed E-state index contributed by atoms with van der Waals surface area (Å²) < 4.78 is 0. The Labute approximate surface area is 95.7 Å². The van der Waals surface area contributed by atoms with Crippen LogP contribution in [0.25, 0.3) is 0 Å². The molecule has 16 heavy (non-hydrogen) atoms. The number of isocyanates is 2. The van der Waals surface area contributed by atoms with Crippen LogP contribution in [0.3, 0.4) is 0 Å². The minimum absolute atomic E-state index is 0.327. The second-order valence-electron chi connectivity index (χ2n) is 2.05. The molecule has 0 saturated carbocycles. The van der Waals surface area contributed by atoms with Gasteiger partial charge in [-0.15, -0.1) is 0 Å². The highest BCUT2D eigenvalue weighted by Gasteiger charge is 1.92. The van der Waals surface area contributed by atoms with Crippen molar-refractivity contribution in [3.63, 3.8) is 0 Å². The van der Waals surface area contributed by atoms with Crippen molar-refractivity contribution < 1.29 is 19.5 Å². The van der Waals surface area contributed by atoms with E-state index in [1.54, 1.807) is 0 Å². The number of rotatable bonds is 4. The van der Waals surface area contributed by atoms with Gasteiger partial charge in [0, 0.05) is 6.42 Å². The lowest BCUT2D eigenvalue weighted by Crippen LogP contribution is -1.92. The summed E-state index contributed by atoms with van der Waals surface area (Å²) in [6, 6.07) is 0. The molecule has 0 aliphatic heterocycles. The van der Waals surface area contributed by atoms with Crippen molar-refractivity contribution in [2.45, 2.75) is 46.5 Å². The molecule has 0 rings (SSSR count). The van der Waals surface area contributed by atoms with Crippen molar-refractivity contribution in [3.8, 4) is 0 Å². The van der Waals surface area contributed by atoms with Crippen molar-refractivity contribution in [2.75, 3.05) is 0 Å². The van der Waals surface area contributed by atoms with Gasteiger partial charge in [-0.05, 0) is 6.42 Å². The Morgan fingerprint density at radius 1 is 1.12 bits per heavy atom. The number of carboxylic acids is 1. The molecule has 0 fully saturated rings. The molecular formula is C10H20N2O4. The molecule has 0 unspecified atom stereocenters. The summed E-state index contributed by atoms with van der Waals surface area (Å²) >= 11 is 0. The van der Waals surface area contributed by atoms with Gasteiger partial charge >= 0.3 is 5.97 Å². The molecule has 0 radical (unpaired) electrons. The maximum absolute atomic E-state index is 9.87. The maximum Gasteiger partial charge on any atom is 0.303 e. The molecule has 0 saturated heterocycles. The van der Waals surface area contributed by atoms with Gasteiger partial charge in [-0.25, -0.2) is 20.4 Å². The van der Waals surface area contributed by atoms with Gasteiger partial charge in [0.25, 0.3) is 0 Å². The minimum atomic E-state index is -0.682. The molecule has 6 heteroatoms. The number of hydrogen-bond donors (Lipinski definition) is 3. The molecule has 94 valence electrons. The predicted octanol–water partition coefficient (Wildman–Crippen LogP) is 2.48. The summed E-state index contributed by atoms with van der Waals surface area (Å²) in [5.41, 5.74) is 0. The third-order valence-corrected chi connectivity index (χ3v) is 0.994. The zero-order chi connectivity index (χ0) is 13.8. The van der Waals surface area contributed by atoms with E-state index in [9.17, 15) is 4.79 Å². The third kappa shape index (κ3) is 148.